The van der Waals surface area contributed by atoms with Gasteiger partial charge in [-0.05, 0) is 25.0 Å². The Balaban J connectivity index is 1.44. The highest BCUT2D eigenvalue weighted by Gasteiger charge is 2.46. The number of para-hydroxylation sites is 1. The highest BCUT2D eigenvalue weighted by atomic mass is 35.5. The molecule has 1 saturated heterocycles. The SMILES string of the molecule is O=S(=O)(C1CC1)N1CC(Oc2nc3c(Cl)cccc3s2)C1. The Kier molecular flexibility index (Phi) is 3.15. The van der Waals surface area contributed by atoms with Crippen LogP contribution < -0.4 is 4.74 Å². The van der Waals surface area contributed by atoms with Gasteiger partial charge in [-0.15, -0.1) is 0 Å². The highest BCUT2D eigenvalue weighted by molar-refractivity contribution is 7.90. The fraction of sp³-hybridized carbons (Fsp3) is 0.462. The second kappa shape index (κ2) is 4.81. The van der Waals surface area contributed by atoms with Gasteiger partial charge in [0.15, 0.2) is 0 Å². The zero-order valence-electron chi connectivity index (χ0n) is 11.0. The van der Waals surface area contributed by atoms with E-state index in [1.165, 1.54) is 15.6 Å². The molecule has 1 aromatic carbocycles. The van der Waals surface area contributed by atoms with Crippen LogP contribution in [0.15, 0.2) is 18.2 Å². The number of benzene rings is 1. The molecule has 0 spiro atoms. The third-order valence-corrected chi connectivity index (χ3v) is 7.29. The zero-order valence-corrected chi connectivity index (χ0v) is 13.4. The Morgan fingerprint density at radius 1 is 1.33 bits per heavy atom. The monoisotopic (exact) mass is 344 g/mol. The zero-order chi connectivity index (χ0) is 14.6. The number of ether oxygens (including phenoxy) is 1. The quantitative estimate of drug-likeness (QED) is 0.855. The van der Waals surface area contributed by atoms with Gasteiger partial charge in [-0.1, -0.05) is 29.0 Å². The molecular weight excluding hydrogens is 332 g/mol. The molecule has 2 heterocycles. The lowest BCUT2D eigenvalue weighted by Crippen LogP contribution is -2.56. The van der Waals surface area contributed by atoms with Gasteiger partial charge in [0.2, 0.25) is 10.0 Å². The Labute approximate surface area is 131 Å². The molecule has 1 aliphatic heterocycles. The van der Waals surface area contributed by atoms with Gasteiger partial charge in [0.25, 0.3) is 5.19 Å². The van der Waals surface area contributed by atoms with E-state index < -0.39 is 10.0 Å². The number of rotatable bonds is 4. The molecule has 0 bridgehead atoms. The summed E-state index contributed by atoms with van der Waals surface area (Å²) in [5.74, 6) is 0. The molecule has 0 unspecified atom stereocenters. The van der Waals surface area contributed by atoms with Gasteiger partial charge in [-0.25, -0.2) is 13.4 Å². The van der Waals surface area contributed by atoms with E-state index in [0.29, 0.717) is 23.3 Å². The summed E-state index contributed by atoms with van der Waals surface area (Å²) in [6, 6.07) is 5.61. The molecule has 2 aromatic rings. The van der Waals surface area contributed by atoms with Crippen LogP contribution in [0.1, 0.15) is 12.8 Å². The molecule has 0 N–H and O–H groups in total. The lowest BCUT2D eigenvalue weighted by atomic mass is 10.2. The fourth-order valence-electron chi connectivity index (χ4n) is 2.35. The minimum Gasteiger partial charge on any atom is -0.464 e. The van der Waals surface area contributed by atoms with Crippen LogP contribution >= 0.6 is 22.9 Å². The number of sulfonamides is 1. The molecule has 2 fully saturated rings. The van der Waals surface area contributed by atoms with Crippen molar-refractivity contribution in [1.29, 1.82) is 0 Å². The van der Waals surface area contributed by atoms with E-state index in [9.17, 15) is 8.42 Å². The molecule has 1 saturated carbocycles. The van der Waals surface area contributed by atoms with Crippen LogP contribution in [0.25, 0.3) is 10.2 Å². The number of hydrogen-bond donors (Lipinski definition) is 0. The van der Waals surface area contributed by atoms with Gasteiger partial charge >= 0.3 is 0 Å². The largest absolute Gasteiger partial charge is 0.464 e. The predicted molar refractivity (Wildman–Crippen MR) is 82.6 cm³/mol. The van der Waals surface area contributed by atoms with Crippen LogP contribution in [-0.4, -0.2) is 42.2 Å². The summed E-state index contributed by atoms with van der Waals surface area (Å²) in [6.07, 6.45) is 1.47. The van der Waals surface area contributed by atoms with Crippen LogP contribution in [0.5, 0.6) is 5.19 Å². The molecule has 1 aromatic heterocycles. The first-order valence-electron chi connectivity index (χ1n) is 6.75. The van der Waals surface area contributed by atoms with Gasteiger partial charge in [-0.2, -0.15) is 4.31 Å². The maximum atomic E-state index is 12.0. The van der Waals surface area contributed by atoms with Crippen molar-refractivity contribution < 1.29 is 13.2 Å². The summed E-state index contributed by atoms with van der Waals surface area (Å²) in [5.41, 5.74) is 0.737. The maximum absolute atomic E-state index is 12.0. The number of thiazole rings is 1. The van der Waals surface area contributed by atoms with E-state index in [4.69, 9.17) is 16.3 Å². The lowest BCUT2D eigenvalue weighted by Gasteiger charge is -2.37. The Morgan fingerprint density at radius 3 is 2.76 bits per heavy atom. The summed E-state index contributed by atoms with van der Waals surface area (Å²) in [7, 11) is -3.07. The first-order valence-corrected chi connectivity index (χ1v) is 9.44. The Hall–Kier alpha value is -0.890. The van der Waals surface area contributed by atoms with Crippen molar-refractivity contribution in [2.45, 2.75) is 24.2 Å². The van der Waals surface area contributed by atoms with Gasteiger partial charge in [0.05, 0.1) is 28.1 Å². The molecule has 1 aliphatic carbocycles. The van der Waals surface area contributed by atoms with Crippen molar-refractivity contribution in [2.75, 3.05) is 13.1 Å². The maximum Gasteiger partial charge on any atom is 0.274 e. The Bertz CT molecular complexity index is 795. The summed E-state index contributed by atoms with van der Waals surface area (Å²) < 4.78 is 32.2. The summed E-state index contributed by atoms with van der Waals surface area (Å²) >= 11 is 7.51. The summed E-state index contributed by atoms with van der Waals surface area (Å²) in [5, 5.41) is 0.997. The summed E-state index contributed by atoms with van der Waals surface area (Å²) in [4.78, 5) is 4.37. The first-order chi connectivity index (χ1) is 10.0. The van der Waals surface area contributed by atoms with E-state index in [0.717, 1.165) is 23.1 Å². The van der Waals surface area contributed by atoms with Gasteiger partial charge < -0.3 is 4.74 Å². The molecule has 112 valence electrons. The third kappa shape index (κ3) is 2.42. The Morgan fingerprint density at radius 2 is 2.10 bits per heavy atom. The number of hydrogen-bond acceptors (Lipinski definition) is 5. The number of halogens is 1. The van der Waals surface area contributed by atoms with Gasteiger partial charge in [-0.3, -0.25) is 0 Å². The van der Waals surface area contributed by atoms with E-state index >= 15 is 0 Å². The van der Waals surface area contributed by atoms with E-state index in [1.54, 1.807) is 6.07 Å². The highest BCUT2D eigenvalue weighted by Crippen LogP contribution is 2.36. The minimum absolute atomic E-state index is 0.113. The van der Waals surface area contributed by atoms with Gasteiger partial charge in [0.1, 0.15) is 11.6 Å². The molecule has 8 heteroatoms. The normalized spacial score (nSPS) is 20.6. The van der Waals surface area contributed by atoms with Crippen molar-refractivity contribution >= 4 is 43.2 Å². The fourth-order valence-corrected chi connectivity index (χ4v) is 5.43. The third-order valence-electron chi connectivity index (χ3n) is 3.74. The predicted octanol–water partition coefficient (Wildman–Crippen LogP) is 2.50. The lowest BCUT2D eigenvalue weighted by molar-refractivity contribution is 0.0760. The van der Waals surface area contributed by atoms with E-state index in [-0.39, 0.29) is 11.4 Å². The first kappa shape index (κ1) is 13.8. The van der Waals surface area contributed by atoms with Crippen LogP contribution in [0.2, 0.25) is 5.02 Å². The second-order valence-electron chi connectivity index (χ2n) is 5.37. The molecule has 0 amide bonds. The van der Waals surface area contributed by atoms with Crippen molar-refractivity contribution in [2.24, 2.45) is 0 Å². The number of nitrogens with zero attached hydrogens (tertiary/aromatic N) is 2. The number of aromatic nitrogens is 1. The average Bonchev–Trinajstić information content (AvgIpc) is 3.15. The van der Waals surface area contributed by atoms with Crippen molar-refractivity contribution in [3.8, 4) is 5.19 Å². The average molecular weight is 345 g/mol. The molecule has 4 rings (SSSR count). The molecule has 5 nitrogen and oxygen atoms in total. The van der Waals surface area contributed by atoms with Gasteiger partial charge in [0, 0.05) is 0 Å². The molecule has 21 heavy (non-hydrogen) atoms. The molecular formula is C13H13ClN2O3S2. The number of fused-ring (bicyclic) bond motifs is 1. The van der Waals surface area contributed by atoms with Crippen molar-refractivity contribution in [3.05, 3.63) is 23.2 Å². The second-order valence-corrected chi connectivity index (χ2v) is 8.98. The molecule has 2 aliphatic rings. The topological polar surface area (TPSA) is 59.5 Å². The van der Waals surface area contributed by atoms with E-state index in [1.807, 2.05) is 12.1 Å². The molecule has 0 atom stereocenters. The smallest absolute Gasteiger partial charge is 0.274 e. The van der Waals surface area contributed by atoms with Crippen LogP contribution in [-0.2, 0) is 10.0 Å². The standard InChI is InChI=1S/C13H13ClN2O3S2/c14-10-2-1-3-11-12(10)15-13(20-11)19-8-6-16(7-8)21(17,18)9-4-5-9/h1-3,8-9H,4-7H2. The van der Waals surface area contributed by atoms with Crippen LogP contribution in [0.4, 0.5) is 0 Å². The van der Waals surface area contributed by atoms with Crippen LogP contribution in [0.3, 0.4) is 0 Å². The van der Waals surface area contributed by atoms with E-state index in [2.05, 4.69) is 4.98 Å². The van der Waals surface area contributed by atoms with Crippen molar-refractivity contribution in [3.63, 3.8) is 0 Å². The van der Waals surface area contributed by atoms with Crippen molar-refractivity contribution in [1.82, 2.24) is 9.29 Å². The summed E-state index contributed by atoms with van der Waals surface area (Å²) in [6.45, 7) is 0.838. The molecule has 0 radical (unpaired) electrons. The van der Waals surface area contributed by atoms with Crippen LogP contribution in [0, 0.1) is 0 Å². The minimum atomic E-state index is -3.07.